The maximum absolute atomic E-state index is 13.1. The number of carbonyl (C=O) groups excluding carboxylic acids is 1. The lowest BCUT2D eigenvalue weighted by Gasteiger charge is -2.41. The molecule has 146 valence electrons. The second kappa shape index (κ2) is 6.59. The highest BCUT2D eigenvalue weighted by atomic mass is 16.5. The molecule has 0 saturated carbocycles. The molecule has 0 aromatic carbocycles. The van der Waals surface area contributed by atoms with E-state index in [4.69, 9.17) is 4.74 Å². The predicted octanol–water partition coefficient (Wildman–Crippen LogP) is 1.16. The first kappa shape index (κ1) is 17.2. The van der Waals surface area contributed by atoms with Crippen LogP contribution in [0.1, 0.15) is 35.3 Å². The monoisotopic (exact) mass is 382 g/mol. The minimum absolute atomic E-state index is 0.0304. The van der Waals surface area contributed by atoms with Gasteiger partial charge in [0.2, 0.25) is 5.95 Å². The number of aromatic amines is 1. The van der Waals surface area contributed by atoms with Crippen LogP contribution in [0.4, 0.5) is 0 Å². The van der Waals surface area contributed by atoms with Gasteiger partial charge in [-0.2, -0.15) is 5.10 Å². The number of carbonyl (C=O) groups is 1. The molecule has 2 unspecified atom stereocenters. The fourth-order valence-electron chi connectivity index (χ4n) is 4.30. The van der Waals surface area contributed by atoms with Crippen molar-refractivity contribution in [1.82, 2.24) is 29.3 Å². The fourth-order valence-corrected chi connectivity index (χ4v) is 4.30. The highest BCUT2D eigenvalue weighted by Crippen LogP contribution is 2.29. The number of piperidine rings is 1. The second-order valence-electron chi connectivity index (χ2n) is 7.52. The SMILES string of the molecule is Cc1c(C(=O)N2CCC3OCCCC3C2)cnn1-c1nn2cccc2c(=O)[nH]1. The molecule has 3 aromatic heterocycles. The van der Waals surface area contributed by atoms with Crippen molar-refractivity contribution in [2.45, 2.75) is 32.3 Å². The Morgan fingerprint density at radius 1 is 1.36 bits per heavy atom. The van der Waals surface area contributed by atoms with Crippen molar-refractivity contribution in [2.75, 3.05) is 19.7 Å². The van der Waals surface area contributed by atoms with Crippen molar-refractivity contribution in [3.8, 4) is 5.95 Å². The first-order valence-corrected chi connectivity index (χ1v) is 9.65. The Morgan fingerprint density at radius 3 is 3.14 bits per heavy atom. The maximum Gasteiger partial charge on any atom is 0.276 e. The summed E-state index contributed by atoms with van der Waals surface area (Å²) in [6, 6.07) is 3.45. The van der Waals surface area contributed by atoms with E-state index in [1.807, 2.05) is 11.8 Å². The van der Waals surface area contributed by atoms with Crippen LogP contribution in [-0.2, 0) is 4.74 Å². The van der Waals surface area contributed by atoms with E-state index in [9.17, 15) is 9.59 Å². The van der Waals surface area contributed by atoms with Crippen LogP contribution in [0.25, 0.3) is 11.5 Å². The highest BCUT2D eigenvalue weighted by molar-refractivity contribution is 5.95. The molecule has 2 aliphatic heterocycles. The van der Waals surface area contributed by atoms with Gasteiger partial charge in [-0.25, -0.2) is 9.20 Å². The molecule has 1 N–H and O–H groups in total. The number of hydrogen-bond acceptors (Lipinski definition) is 5. The lowest BCUT2D eigenvalue weighted by atomic mass is 9.88. The zero-order chi connectivity index (χ0) is 19.3. The Labute approximate surface area is 160 Å². The Bertz CT molecular complexity index is 1100. The lowest BCUT2D eigenvalue weighted by molar-refractivity contribution is -0.0607. The molecule has 0 radical (unpaired) electrons. The Hall–Kier alpha value is -2.94. The summed E-state index contributed by atoms with van der Waals surface area (Å²) in [5, 5.41) is 8.70. The molecule has 0 spiro atoms. The van der Waals surface area contributed by atoms with Gasteiger partial charge in [0.05, 0.1) is 23.6 Å². The quantitative estimate of drug-likeness (QED) is 0.717. The van der Waals surface area contributed by atoms with Crippen LogP contribution < -0.4 is 5.56 Å². The first-order valence-electron chi connectivity index (χ1n) is 9.65. The lowest BCUT2D eigenvalue weighted by Crippen LogP contribution is -2.48. The average Bonchev–Trinajstić information content (AvgIpc) is 3.34. The molecule has 5 rings (SSSR count). The summed E-state index contributed by atoms with van der Waals surface area (Å²) in [6.07, 6.45) is 6.58. The van der Waals surface area contributed by atoms with Crippen LogP contribution in [0.2, 0.25) is 0 Å². The Morgan fingerprint density at radius 2 is 2.25 bits per heavy atom. The van der Waals surface area contributed by atoms with Crippen molar-refractivity contribution < 1.29 is 9.53 Å². The third-order valence-electron chi connectivity index (χ3n) is 5.83. The number of fused-ring (bicyclic) bond motifs is 2. The molecule has 5 heterocycles. The van der Waals surface area contributed by atoms with E-state index in [-0.39, 0.29) is 23.5 Å². The number of hydrogen-bond donors (Lipinski definition) is 1. The maximum atomic E-state index is 13.1. The molecule has 3 aromatic rings. The third-order valence-corrected chi connectivity index (χ3v) is 5.83. The van der Waals surface area contributed by atoms with Crippen molar-refractivity contribution >= 4 is 11.4 Å². The number of nitrogens with one attached hydrogen (secondary N) is 1. The van der Waals surface area contributed by atoms with Gasteiger partial charge in [0.1, 0.15) is 5.52 Å². The molecule has 9 nitrogen and oxygen atoms in total. The first-order chi connectivity index (χ1) is 13.6. The molecule has 0 aliphatic carbocycles. The summed E-state index contributed by atoms with van der Waals surface area (Å²) < 4.78 is 8.85. The van der Waals surface area contributed by atoms with E-state index in [2.05, 4.69) is 15.2 Å². The van der Waals surface area contributed by atoms with Crippen molar-refractivity contribution in [3.05, 3.63) is 46.1 Å². The third kappa shape index (κ3) is 2.73. The zero-order valence-corrected chi connectivity index (χ0v) is 15.7. The molecule has 0 bridgehead atoms. The molecule has 9 heteroatoms. The molecule has 2 saturated heterocycles. The van der Waals surface area contributed by atoms with E-state index >= 15 is 0 Å². The molecule has 1 amide bonds. The van der Waals surface area contributed by atoms with Crippen LogP contribution in [0.15, 0.2) is 29.3 Å². The second-order valence-corrected chi connectivity index (χ2v) is 7.52. The van der Waals surface area contributed by atoms with Crippen LogP contribution in [0.5, 0.6) is 0 Å². The predicted molar refractivity (Wildman–Crippen MR) is 101 cm³/mol. The van der Waals surface area contributed by atoms with Crippen LogP contribution in [-0.4, -0.2) is 61.0 Å². The van der Waals surface area contributed by atoms with Gasteiger partial charge in [-0.15, -0.1) is 5.10 Å². The summed E-state index contributed by atoms with van der Waals surface area (Å²) in [4.78, 5) is 30.0. The van der Waals surface area contributed by atoms with E-state index in [1.54, 1.807) is 24.5 Å². The highest BCUT2D eigenvalue weighted by Gasteiger charge is 2.35. The molecular formula is C19H22N6O3. The smallest absolute Gasteiger partial charge is 0.276 e. The van der Waals surface area contributed by atoms with Gasteiger partial charge in [0.15, 0.2) is 0 Å². The number of likely N-dealkylation sites (tertiary alicyclic amines) is 1. The van der Waals surface area contributed by atoms with Gasteiger partial charge in [0.25, 0.3) is 11.5 Å². The van der Waals surface area contributed by atoms with Crippen molar-refractivity contribution in [1.29, 1.82) is 0 Å². The molecule has 2 atom stereocenters. The van der Waals surface area contributed by atoms with E-state index in [1.165, 1.54) is 9.20 Å². The number of H-pyrrole nitrogens is 1. The summed E-state index contributed by atoms with van der Waals surface area (Å²) >= 11 is 0. The van der Waals surface area contributed by atoms with Gasteiger partial charge in [-0.05, 0) is 38.3 Å². The fraction of sp³-hybridized carbons (Fsp3) is 0.474. The normalized spacial score (nSPS) is 22.4. The van der Waals surface area contributed by atoms with Crippen LogP contribution in [0, 0.1) is 12.8 Å². The Balaban J connectivity index is 1.43. The number of nitrogens with zero attached hydrogens (tertiary/aromatic N) is 5. The molecular weight excluding hydrogens is 360 g/mol. The van der Waals surface area contributed by atoms with Crippen molar-refractivity contribution in [2.24, 2.45) is 5.92 Å². The van der Waals surface area contributed by atoms with Crippen molar-refractivity contribution in [3.63, 3.8) is 0 Å². The summed E-state index contributed by atoms with van der Waals surface area (Å²) in [6.45, 7) is 4.06. The van der Waals surface area contributed by atoms with E-state index in [0.29, 0.717) is 29.2 Å². The Kier molecular flexibility index (Phi) is 4.04. The number of rotatable bonds is 2. The van der Waals surface area contributed by atoms with Gasteiger partial charge in [0, 0.05) is 31.8 Å². The number of aromatic nitrogens is 5. The summed E-state index contributed by atoms with van der Waals surface area (Å²) in [5.74, 6) is 0.665. The summed E-state index contributed by atoms with van der Waals surface area (Å²) in [7, 11) is 0. The van der Waals surface area contributed by atoms with Gasteiger partial charge in [-0.1, -0.05) is 0 Å². The minimum Gasteiger partial charge on any atom is -0.378 e. The van der Waals surface area contributed by atoms with Crippen LogP contribution in [0.3, 0.4) is 0 Å². The zero-order valence-electron chi connectivity index (χ0n) is 15.7. The molecule has 28 heavy (non-hydrogen) atoms. The van der Waals surface area contributed by atoms with E-state index < -0.39 is 0 Å². The standard InChI is InChI=1S/C19H22N6O3/c1-12-14(18(27)23-8-6-16-13(11-23)4-3-9-28-16)10-20-25(12)19-21-17(26)15-5-2-7-24(15)22-19/h2,5,7,10,13,16H,3-4,6,8-9,11H2,1H3,(H,21,22,26). The average molecular weight is 382 g/mol. The topological polar surface area (TPSA) is 97.5 Å². The van der Waals surface area contributed by atoms with Gasteiger partial charge < -0.3 is 9.64 Å². The summed E-state index contributed by atoms with van der Waals surface area (Å²) in [5.41, 5.74) is 1.40. The number of amides is 1. The largest absolute Gasteiger partial charge is 0.378 e. The molecule has 2 fully saturated rings. The van der Waals surface area contributed by atoms with Gasteiger partial charge >= 0.3 is 0 Å². The van der Waals surface area contributed by atoms with Gasteiger partial charge in [-0.3, -0.25) is 14.6 Å². The van der Waals surface area contributed by atoms with Crippen LogP contribution >= 0.6 is 0 Å². The molecule has 2 aliphatic rings. The van der Waals surface area contributed by atoms with E-state index in [0.717, 1.165) is 32.4 Å². The number of ether oxygens (including phenoxy) is 1. The minimum atomic E-state index is -0.253.